The lowest BCUT2D eigenvalue weighted by molar-refractivity contribution is 0.498. The van der Waals surface area contributed by atoms with E-state index in [0.717, 1.165) is 24.8 Å². The van der Waals surface area contributed by atoms with Crippen LogP contribution in [0.2, 0.25) is 0 Å². The van der Waals surface area contributed by atoms with Gasteiger partial charge in [-0.2, -0.15) is 4.39 Å². The Hall–Kier alpha value is -0.120. The van der Waals surface area contributed by atoms with Crippen LogP contribution in [0.3, 0.4) is 0 Å². The molecule has 0 aromatic carbocycles. The molecule has 0 bridgehead atoms. The zero-order valence-electron chi connectivity index (χ0n) is 8.39. The van der Waals surface area contributed by atoms with E-state index in [1.807, 2.05) is 14.0 Å². The van der Waals surface area contributed by atoms with Crippen molar-refractivity contribution in [2.24, 2.45) is 0 Å². The third-order valence-electron chi connectivity index (χ3n) is 2.88. The van der Waals surface area contributed by atoms with Crippen molar-refractivity contribution in [1.82, 2.24) is 5.32 Å². The average Bonchev–Trinajstić information content (AvgIpc) is 2.43. The first kappa shape index (κ1) is 12.0. The number of nitrogens with one attached hydrogen (secondary N) is 1. The van der Waals surface area contributed by atoms with Gasteiger partial charge in [-0.25, -0.2) is 0 Å². The van der Waals surface area contributed by atoms with E-state index in [0.29, 0.717) is 6.04 Å². The van der Waals surface area contributed by atoms with Crippen LogP contribution in [0.4, 0.5) is 4.39 Å². The van der Waals surface area contributed by atoms with Crippen LogP contribution in [0.15, 0.2) is 0 Å². The number of hydrogen-bond acceptors (Lipinski definition) is 2. The fourth-order valence-electron chi connectivity index (χ4n) is 1.94. The molecule has 0 spiro atoms. The smallest absolute Gasteiger partial charge is 0.179 e. The molecule has 0 saturated heterocycles. The Balaban J connectivity index is 0.000000980. The van der Waals surface area contributed by atoms with Gasteiger partial charge in [0.15, 0.2) is 5.13 Å². The van der Waals surface area contributed by atoms with Gasteiger partial charge in [0.25, 0.3) is 0 Å². The molecule has 1 aliphatic carbocycles. The minimum Gasteiger partial charge on any atom is -0.317 e. The van der Waals surface area contributed by atoms with Gasteiger partial charge in [0.2, 0.25) is 0 Å². The Kier molecular flexibility index (Phi) is 3.93. The van der Waals surface area contributed by atoms with E-state index in [2.05, 4.69) is 5.32 Å². The van der Waals surface area contributed by atoms with Crippen molar-refractivity contribution < 1.29 is 4.39 Å². The SMILES string of the molecule is CNC1CCc2sc(F)c(C)c2C1.Cl. The molecule has 1 heterocycles. The Morgan fingerprint density at radius 1 is 1.50 bits per heavy atom. The van der Waals surface area contributed by atoms with Gasteiger partial charge >= 0.3 is 0 Å². The van der Waals surface area contributed by atoms with Crippen molar-refractivity contribution >= 4 is 23.7 Å². The van der Waals surface area contributed by atoms with Crippen molar-refractivity contribution in [3.63, 3.8) is 0 Å². The highest BCUT2D eigenvalue weighted by atomic mass is 35.5. The lowest BCUT2D eigenvalue weighted by Gasteiger charge is -2.21. The first-order valence-electron chi connectivity index (χ1n) is 4.66. The minimum absolute atomic E-state index is 0. The standard InChI is InChI=1S/C10H14FNS.ClH/c1-6-8-5-7(12-2)3-4-9(8)13-10(6)11;/h7,12H,3-5H2,1-2H3;1H. The minimum atomic E-state index is 0. The topological polar surface area (TPSA) is 12.0 Å². The summed E-state index contributed by atoms with van der Waals surface area (Å²) < 4.78 is 13.2. The molecule has 1 aliphatic rings. The van der Waals surface area contributed by atoms with Gasteiger partial charge in [-0.05, 0) is 44.4 Å². The molecule has 2 rings (SSSR count). The summed E-state index contributed by atoms with van der Waals surface area (Å²) in [6.07, 6.45) is 3.18. The third kappa shape index (κ3) is 1.95. The molecular formula is C10H15ClFNS. The van der Waals surface area contributed by atoms with E-state index in [1.54, 1.807) is 0 Å². The number of halogens is 2. The number of fused-ring (bicyclic) bond motifs is 1. The Labute approximate surface area is 94.1 Å². The van der Waals surface area contributed by atoms with Crippen molar-refractivity contribution in [3.05, 3.63) is 21.1 Å². The van der Waals surface area contributed by atoms with Gasteiger partial charge in [0, 0.05) is 10.9 Å². The first-order valence-corrected chi connectivity index (χ1v) is 5.48. The van der Waals surface area contributed by atoms with Gasteiger partial charge < -0.3 is 5.32 Å². The quantitative estimate of drug-likeness (QED) is 0.789. The molecule has 0 amide bonds. The average molecular weight is 236 g/mol. The maximum absolute atomic E-state index is 13.2. The maximum Gasteiger partial charge on any atom is 0.179 e. The summed E-state index contributed by atoms with van der Waals surface area (Å²) in [6.45, 7) is 1.89. The van der Waals surface area contributed by atoms with Crippen LogP contribution < -0.4 is 5.32 Å². The summed E-state index contributed by atoms with van der Waals surface area (Å²) in [4.78, 5) is 1.27. The highest BCUT2D eigenvalue weighted by Crippen LogP contribution is 2.32. The number of rotatable bonds is 1. The normalized spacial score (nSPS) is 20.1. The second kappa shape index (κ2) is 4.60. The van der Waals surface area contributed by atoms with E-state index in [-0.39, 0.29) is 17.5 Å². The highest BCUT2D eigenvalue weighted by Gasteiger charge is 2.22. The van der Waals surface area contributed by atoms with Gasteiger partial charge in [-0.15, -0.1) is 23.7 Å². The summed E-state index contributed by atoms with van der Waals surface area (Å²) in [5, 5.41) is 3.28. The van der Waals surface area contributed by atoms with Crippen LogP contribution in [-0.4, -0.2) is 13.1 Å². The van der Waals surface area contributed by atoms with Crippen LogP contribution >= 0.6 is 23.7 Å². The molecule has 0 fully saturated rings. The lowest BCUT2D eigenvalue weighted by Crippen LogP contribution is -2.31. The van der Waals surface area contributed by atoms with Gasteiger partial charge in [0.05, 0.1) is 0 Å². The van der Waals surface area contributed by atoms with E-state index < -0.39 is 0 Å². The molecule has 0 radical (unpaired) electrons. The number of thiophene rings is 1. The number of aryl methyl sites for hydroxylation is 1. The summed E-state index contributed by atoms with van der Waals surface area (Å²) in [6, 6.07) is 0.542. The summed E-state index contributed by atoms with van der Waals surface area (Å²) in [5.74, 6) is 0. The Morgan fingerprint density at radius 2 is 2.21 bits per heavy atom. The lowest BCUT2D eigenvalue weighted by atomic mass is 9.92. The van der Waals surface area contributed by atoms with Gasteiger partial charge in [-0.3, -0.25) is 0 Å². The molecule has 80 valence electrons. The van der Waals surface area contributed by atoms with Crippen molar-refractivity contribution in [3.8, 4) is 0 Å². The molecule has 0 saturated carbocycles. The fraction of sp³-hybridized carbons (Fsp3) is 0.600. The summed E-state index contributed by atoms with van der Waals surface area (Å²) in [5.41, 5.74) is 2.13. The molecule has 1 nitrogen and oxygen atoms in total. The zero-order chi connectivity index (χ0) is 9.42. The fourth-order valence-corrected chi connectivity index (χ4v) is 3.02. The monoisotopic (exact) mass is 235 g/mol. The van der Waals surface area contributed by atoms with Gasteiger partial charge in [-0.1, -0.05) is 0 Å². The molecule has 1 aromatic rings. The molecule has 0 aliphatic heterocycles. The van der Waals surface area contributed by atoms with Crippen LogP contribution in [0, 0.1) is 12.1 Å². The van der Waals surface area contributed by atoms with E-state index >= 15 is 0 Å². The second-order valence-electron chi connectivity index (χ2n) is 3.63. The van der Waals surface area contributed by atoms with E-state index in [9.17, 15) is 4.39 Å². The van der Waals surface area contributed by atoms with Crippen molar-refractivity contribution in [2.45, 2.75) is 32.2 Å². The summed E-state index contributed by atoms with van der Waals surface area (Å²) in [7, 11) is 1.98. The van der Waals surface area contributed by atoms with E-state index in [4.69, 9.17) is 0 Å². The first-order chi connectivity index (χ1) is 6.22. The largest absolute Gasteiger partial charge is 0.317 e. The second-order valence-corrected chi connectivity index (χ2v) is 4.69. The number of likely N-dealkylation sites (N-methyl/N-ethyl adjacent to an activating group) is 1. The molecule has 1 N–H and O–H groups in total. The molecule has 1 aromatic heterocycles. The van der Waals surface area contributed by atoms with Crippen LogP contribution in [0.1, 0.15) is 22.4 Å². The molecule has 4 heteroatoms. The van der Waals surface area contributed by atoms with Crippen LogP contribution in [0.5, 0.6) is 0 Å². The molecule has 1 unspecified atom stereocenters. The van der Waals surface area contributed by atoms with E-state index in [1.165, 1.54) is 21.8 Å². The molecule has 14 heavy (non-hydrogen) atoms. The molecule has 1 atom stereocenters. The van der Waals surface area contributed by atoms with Crippen molar-refractivity contribution in [2.75, 3.05) is 7.05 Å². The Morgan fingerprint density at radius 3 is 2.86 bits per heavy atom. The third-order valence-corrected chi connectivity index (χ3v) is 4.06. The number of hydrogen-bond donors (Lipinski definition) is 1. The predicted molar refractivity (Wildman–Crippen MR) is 61.1 cm³/mol. The van der Waals surface area contributed by atoms with Gasteiger partial charge in [0.1, 0.15) is 0 Å². The van der Waals surface area contributed by atoms with Crippen LogP contribution in [0.25, 0.3) is 0 Å². The predicted octanol–water partition coefficient (Wildman–Crippen LogP) is 2.69. The highest BCUT2D eigenvalue weighted by molar-refractivity contribution is 7.10. The zero-order valence-corrected chi connectivity index (χ0v) is 10.0. The Bertz CT molecular complexity index is 324. The van der Waals surface area contributed by atoms with Crippen molar-refractivity contribution in [1.29, 1.82) is 0 Å². The van der Waals surface area contributed by atoms with Crippen LogP contribution in [-0.2, 0) is 12.8 Å². The molecular weight excluding hydrogens is 221 g/mol. The maximum atomic E-state index is 13.2. The summed E-state index contributed by atoms with van der Waals surface area (Å²) >= 11 is 1.33.